The zero-order chi connectivity index (χ0) is 12.1. The lowest BCUT2D eigenvalue weighted by molar-refractivity contribution is -0.121. The van der Waals surface area contributed by atoms with Crippen molar-refractivity contribution in [2.45, 2.75) is 30.2 Å². The molecule has 4 heteroatoms. The average molecular weight is 270 g/mol. The van der Waals surface area contributed by atoms with Crippen LogP contribution in [0, 0.1) is 0 Å². The summed E-state index contributed by atoms with van der Waals surface area (Å²) >= 11 is 7.45. The van der Waals surface area contributed by atoms with Crippen molar-refractivity contribution < 1.29 is 4.79 Å². The molecule has 2 nitrogen and oxygen atoms in total. The van der Waals surface area contributed by atoms with E-state index in [9.17, 15) is 4.79 Å². The Balaban J connectivity index is 2.01. The first-order valence-corrected chi connectivity index (χ1v) is 7.40. The van der Waals surface area contributed by atoms with E-state index in [4.69, 9.17) is 11.6 Å². The van der Waals surface area contributed by atoms with Crippen LogP contribution >= 0.6 is 23.4 Å². The van der Waals surface area contributed by atoms with Gasteiger partial charge in [-0.3, -0.25) is 4.79 Å². The van der Waals surface area contributed by atoms with Gasteiger partial charge in [0.05, 0.1) is 6.04 Å². The van der Waals surface area contributed by atoms with Gasteiger partial charge < -0.3 is 5.32 Å². The molecule has 0 radical (unpaired) electrons. The third-order valence-electron chi connectivity index (χ3n) is 2.83. The van der Waals surface area contributed by atoms with Gasteiger partial charge in [0, 0.05) is 22.9 Å². The first-order chi connectivity index (χ1) is 8.31. The highest BCUT2D eigenvalue weighted by Gasteiger charge is 2.21. The number of hydrogen-bond donors (Lipinski definition) is 1. The van der Waals surface area contributed by atoms with Crippen molar-refractivity contribution >= 4 is 29.3 Å². The Bertz CT molecular complexity index is 397. The molecule has 0 fully saturated rings. The number of halogens is 1. The van der Waals surface area contributed by atoms with Crippen molar-refractivity contribution in [3.63, 3.8) is 0 Å². The molecule has 1 aromatic rings. The van der Waals surface area contributed by atoms with Gasteiger partial charge in [-0.1, -0.05) is 18.2 Å². The molecule has 1 aliphatic heterocycles. The van der Waals surface area contributed by atoms with Gasteiger partial charge in [0.25, 0.3) is 0 Å². The molecule has 1 amide bonds. The molecule has 1 unspecified atom stereocenters. The Morgan fingerprint density at radius 2 is 2.29 bits per heavy atom. The molecule has 1 N–H and O–H groups in total. The van der Waals surface area contributed by atoms with Crippen molar-refractivity contribution in [2.24, 2.45) is 0 Å². The highest BCUT2D eigenvalue weighted by molar-refractivity contribution is 7.99. The predicted octanol–water partition coefficient (Wildman–Crippen LogP) is 3.36. The minimum atomic E-state index is 0.109. The molecule has 1 aromatic carbocycles. The van der Waals surface area contributed by atoms with Gasteiger partial charge in [0.1, 0.15) is 0 Å². The van der Waals surface area contributed by atoms with E-state index in [2.05, 4.69) is 17.4 Å². The van der Waals surface area contributed by atoms with Crippen LogP contribution in [0.3, 0.4) is 0 Å². The topological polar surface area (TPSA) is 29.1 Å². The predicted molar refractivity (Wildman–Crippen MR) is 72.6 cm³/mol. The molecular formula is C13H16ClNOS. The standard InChI is InChI=1S/C13H16ClNOS/c14-8-3-6-13(16)15-11-7-9-17-12-5-2-1-4-10(11)12/h1-2,4-5,11H,3,6-9H2,(H,15,16). The summed E-state index contributed by atoms with van der Waals surface area (Å²) in [5, 5.41) is 3.10. The summed E-state index contributed by atoms with van der Waals surface area (Å²) in [5.41, 5.74) is 1.25. The van der Waals surface area contributed by atoms with Crippen LogP contribution in [0.15, 0.2) is 29.2 Å². The van der Waals surface area contributed by atoms with Crippen molar-refractivity contribution in [3.05, 3.63) is 29.8 Å². The SMILES string of the molecule is O=C(CCCCl)NC1CCSc2ccccc21. The molecule has 92 valence electrons. The third-order valence-corrected chi connectivity index (χ3v) is 4.22. The second-order valence-electron chi connectivity index (χ2n) is 4.09. The van der Waals surface area contributed by atoms with Crippen molar-refractivity contribution in [1.29, 1.82) is 0 Å². The Morgan fingerprint density at radius 1 is 1.47 bits per heavy atom. The molecule has 0 aromatic heterocycles. The molecule has 0 aliphatic carbocycles. The fourth-order valence-corrected chi connectivity index (χ4v) is 3.24. The van der Waals surface area contributed by atoms with Crippen LogP contribution in [0.4, 0.5) is 0 Å². The summed E-state index contributed by atoms with van der Waals surface area (Å²) in [6.45, 7) is 0. The van der Waals surface area contributed by atoms with Gasteiger partial charge in [-0.15, -0.1) is 23.4 Å². The maximum absolute atomic E-state index is 11.7. The number of rotatable bonds is 4. The van der Waals surface area contributed by atoms with Crippen molar-refractivity contribution in [3.8, 4) is 0 Å². The number of carbonyl (C=O) groups excluding carboxylic acids is 1. The van der Waals surface area contributed by atoms with E-state index in [1.807, 2.05) is 23.9 Å². The minimum Gasteiger partial charge on any atom is -0.349 e. The van der Waals surface area contributed by atoms with Crippen LogP contribution in [0.1, 0.15) is 30.9 Å². The van der Waals surface area contributed by atoms with Gasteiger partial charge in [-0.2, -0.15) is 0 Å². The lowest BCUT2D eigenvalue weighted by atomic mass is 10.0. The number of alkyl halides is 1. The maximum atomic E-state index is 11.7. The maximum Gasteiger partial charge on any atom is 0.220 e. The van der Waals surface area contributed by atoms with Crippen LogP contribution in [0.2, 0.25) is 0 Å². The van der Waals surface area contributed by atoms with Gasteiger partial charge in [0.2, 0.25) is 5.91 Å². The lowest BCUT2D eigenvalue weighted by Crippen LogP contribution is -2.30. The van der Waals surface area contributed by atoms with E-state index < -0.39 is 0 Å². The van der Waals surface area contributed by atoms with E-state index in [1.165, 1.54) is 10.5 Å². The first kappa shape index (κ1) is 12.8. The van der Waals surface area contributed by atoms with Crippen LogP contribution < -0.4 is 5.32 Å². The molecule has 17 heavy (non-hydrogen) atoms. The number of fused-ring (bicyclic) bond motifs is 1. The largest absolute Gasteiger partial charge is 0.349 e. The molecule has 0 saturated carbocycles. The van der Waals surface area contributed by atoms with Crippen molar-refractivity contribution in [1.82, 2.24) is 5.32 Å². The van der Waals surface area contributed by atoms with E-state index in [0.717, 1.165) is 18.6 Å². The molecule has 2 rings (SSSR count). The molecule has 0 saturated heterocycles. The highest BCUT2D eigenvalue weighted by Crippen LogP contribution is 2.35. The van der Waals surface area contributed by atoms with Gasteiger partial charge in [-0.05, 0) is 24.5 Å². The fourth-order valence-electron chi connectivity index (χ4n) is 1.99. The molecule has 0 spiro atoms. The molecule has 1 atom stereocenters. The summed E-state index contributed by atoms with van der Waals surface area (Å²) in [6, 6.07) is 8.48. The number of thioether (sulfide) groups is 1. The monoisotopic (exact) mass is 269 g/mol. The van der Waals surface area contributed by atoms with Crippen molar-refractivity contribution in [2.75, 3.05) is 11.6 Å². The van der Waals surface area contributed by atoms with Crippen LogP contribution in [0.25, 0.3) is 0 Å². The third kappa shape index (κ3) is 3.39. The number of benzene rings is 1. The summed E-state index contributed by atoms with van der Waals surface area (Å²) in [4.78, 5) is 13.0. The van der Waals surface area contributed by atoms with E-state index in [1.54, 1.807) is 0 Å². The van der Waals surface area contributed by atoms with Crippen LogP contribution in [0.5, 0.6) is 0 Å². The Labute approximate surface area is 111 Å². The summed E-state index contributed by atoms with van der Waals surface area (Å²) in [5.74, 6) is 1.72. The Kier molecular flexibility index (Phi) is 4.75. The van der Waals surface area contributed by atoms with Gasteiger partial charge in [-0.25, -0.2) is 0 Å². The van der Waals surface area contributed by atoms with Gasteiger partial charge in [0.15, 0.2) is 0 Å². The second-order valence-corrected chi connectivity index (χ2v) is 5.60. The van der Waals surface area contributed by atoms with E-state index >= 15 is 0 Å². The molecule has 1 heterocycles. The second kappa shape index (κ2) is 6.31. The lowest BCUT2D eigenvalue weighted by Gasteiger charge is -2.25. The average Bonchev–Trinajstić information content (AvgIpc) is 2.37. The summed E-state index contributed by atoms with van der Waals surface area (Å²) < 4.78 is 0. The summed E-state index contributed by atoms with van der Waals surface area (Å²) in [6.07, 6.45) is 2.28. The number of hydrogen-bond acceptors (Lipinski definition) is 2. The Hall–Kier alpha value is -0.670. The molecular weight excluding hydrogens is 254 g/mol. The Morgan fingerprint density at radius 3 is 3.12 bits per heavy atom. The highest BCUT2D eigenvalue weighted by atomic mass is 35.5. The smallest absolute Gasteiger partial charge is 0.220 e. The normalized spacial score (nSPS) is 18.5. The number of nitrogens with one attached hydrogen (secondary N) is 1. The zero-order valence-electron chi connectivity index (χ0n) is 9.62. The fraction of sp³-hybridized carbons (Fsp3) is 0.462. The van der Waals surface area contributed by atoms with Gasteiger partial charge >= 0.3 is 0 Å². The minimum absolute atomic E-state index is 0.109. The summed E-state index contributed by atoms with van der Waals surface area (Å²) in [7, 11) is 0. The quantitative estimate of drug-likeness (QED) is 0.850. The molecule has 1 aliphatic rings. The van der Waals surface area contributed by atoms with Crippen LogP contribution in [-0.4, -0.2) is 17.5 Å². The van der Waals surface area contributed by atoms with E-state index in [0.29, 0.717) is 12.3 Å². The molecule has 0 bridgehead atoms. The zero-order valence-corrected chi connectivity index (χ0v) is 11.2. The number of carbonyl (C=O) groups is 1. The van der Waals surface area contributed by atoms with E-state index in [-0.39, 0.29) is 11.9 Å². The first-order valence-electron chi connectivity index (χ1n) is 5.88. The number of amides is 1. The van der Waals surface area contributed by atoms with Crippen LogP contribution in [-0.2, 0) is 4.79 Å².